The quantitative estimate of drug-likeness (QED) is 0.418. The molecule has 0 bridgehead atoms. The highest BCUT2D eigenvalue weighted by Gasteiger charge is 2.17. The van der Waals surface area contributed by atoms with Crippen molar-refractivity contribution in [2.75, 3.05) is 17.6 Å². The highest BCUT2D eigenvalue weighted by molar-refractivity contribution is 8.15. The molecule has 1 atom stereocenters. The lowest BCUT2D eigenvalue weighted by Crippen LogP contribution is -2.19. The highest BCUT2D eigenvalue weighted by Crippen LogP contribution is 2.24. The molecule has 4 N–H and O–H groups in total. The summed E-state index contributed by atoms with van der Waals surface area (Å²) in [5.41, 5.74) is 12.0. The molecule has 1 aliphatic heterocycles. The minimum atomic E-state index is -0.269. The first-order chi connectivity index (χ1) is 13.0. The molecule has 2 aromatic carbocycles. The van der Waals surface area contributed by atoms with Gasteiger partial charge in [-0.2, -0.15) is 5.10 Å². The SMILES string of the molecule is CC[C@@H]1CN=C(Nc2ccc(/C(C)=N\NC(=O)c3ccc(N)cc3)cc2)S1. The minimum absolute atomic E-state index is 0.269. The maximum absolute atomic E-state index is 12.1. The Morgan fingerprint density at radius 2 is 1.85 bits per heavy atom. The second-order valence-electron chi connectivity index (χ2n) is 6.26. The third-order valence-corrected chi connectivity index (χ3v) is 5.49. The number of amidine groups is 1. The first-order valence-corrected chi connectivity index (χ1v) is 9.72. The van der Waals surface area contributed by atoms with E-state index in [-0.39, 0.29) is 5.91 Å². The fourth-order valence-corrected chi connectivity index (χ4v) is 3.47. The van der Waals surface area contributed by atoms with Gasteiger partial charge < -0.3 is 11.1 Å². The van der Waals surface area contributed by atoms with Crippen LogP contribution in [0.5, 0.6) is 0 Å². The van der Waals surface area contributed by atoms with Gasteiger partial charge in [0.1, 0.15) is 0 Å². The van der Waals surface area contributed by atoms with Gasteiger partial charge in [-0.3, -0.25) is 9.79 Å². The minimum Gasteiger partial charge on any atom is -0.399 e. The van der Waals surface area contributed by atoms with Crippen LogP contribution in [0.4, 0.5) is 11.4 Å². The summed E-state index contributed by atoms with van der Waals surface area (Å²) in [7, 11) is 0. The van der Waals surface area contributed by atoms with E-state index in [2.05, 4.69) is 27.8 Å². The molecule has 7 heteroatoms. The van der Waals surface area contributed by atoms with Gasteiger partial charge in [0.2, 0.25) is 0 Å². The Labute approximate surface area is 163 Å². The van der Waals surface area contributed by atoms with Crippen LogP contribution in [0.1, 0.15) is 36.2 Å². The van der Waals surface area contributed by atoms with Crippen LogP contribution >= 0.6 is 11.8 Å². The van der Waals surface area contributed by atoms with E-state index in [1.54, 1.807) is 36.0 Å². The third kappa shape index (κ3) is 5.10. The Morgan fingerprint density at radius 3 is 2.48 bits per heavy atom. The summed E-state index contributed by atoms with van der Waals surface area (Å²) < 4.78 is 0. The van der Waals surface area contributed by atoms with Crippen molar-refractivity contribution in [3.63, 3.8) is 0 Å². The summed E-state index contributed by atoms with van der Waals surface area (Å²) in [5.74, 6) is -0.269. The number of hydrogen-bond acceptors (Lipinski definition) is 6. The predicted octanol–water partition coefficient (Wildman–Crippen LogP) is 3.72. The molecule has 0 unspecified atom stereocenters. The molecule has 0 saturated carbocycles. The van der Waals surface area contributed by atoms with Gasteiger partial charge in [-0.15, -0.1) is 0 Å². The van der Waals surface area contributed by atoms with Crippen LogP contribution in [0.2, 0.25) is 0 Å². The fourth-order valence-electron chi connectivity index (χ4n) is 2.52. The van der Waals surface area contributed by atoms with E-state index >= 15 is 0 Å². The number of nitrogen functional groups attached to an aromatic ring is 1. The van der Waals surface area contributed by atoms with Crippen LogP contribution in [0.25, 0.3) is 0 Å². The normalized spacial score (nSPS) is 16.7. The number of hydrazone groups is 1. The number of nitrogens with one attached hydrogen (secondary N) is 2. The number of benzene rings is 2. The Balaban J connectivity index is 1.58. The second-order valence-corrected chi connectivity index (χ2v) is 7.55. The van der Waals surface area contributed by atoms with Crippen molar-refractivity contribution in [2.24, 2.45) is 10.1 Å². The summed E-state index contributed by atoms with van der Waals surface area (Å²) in [6.45, 7) is 4.91. The molecule has 1 amide bonds. The van der Waals surface area contributed by atoms with Crippen molar-refractivity contribution in [1.82, 2.24) is 5.43 Å². The van der Waals surface area contributed by atoms with Crippen LogP contribution in [-0.4, -0.2) is 28.6 Å². The summed E-state index contributed by atoms with van der Waals surface area (Å²) in [6.07, 6.45) is 1.12. The Hall–Kier alpha value is -2.80. The van der Waals surface area contributed by atoms with Crippen LogP contribution in [0.3, 0.4) is 0 Å². The number of nitrogens with zero attached hydrogens (tertiary/aromatic N) is 2. The predicted molar refractivity (Wildman–Crippen MR) is 115 cm³/mol. The number of amides is 1. The van der Waals surface area contributed by atoms with E-state index in [4.69, 9.17) is 5.73 Å². The number of aliphatic imine (C=N–C) groups is 1. The van der Waals surface area contributed by atoms with Crippen molar-refractivity contribution >= 4 is 39.9 Å². The first kappa shape index (κ1) is 19.0. The van der Waals surface area contributed by atoms with Crippen molar-refractivity contribution in [1.29, 1.82) is 0 Å². The lowest BCUT2D eigenvalue weighted by molar-refractivity contribution is 0.0955. The second kappa shape index (κ2) is 8.73. The number of nitrogens with two attached hydrogens (primary N) is 1. The van der Waals surface area contributed by atoms with Gasteiger partial charge in [0.05, 0.1) is 12.3 Å². The largest absolute Gasteiger partial charge is 0.399 e. The molecule has 0 fully saturated rings. The van der Waals surface area contributed by atoms with Gasteiger partial charge in [0, 0.05) is 22.2 Å². The van der Waals surface area contributed by atoms with E-state index < -0.39 is 0 Å². The zero-order valence-electron chi connectivity index (χ0n) is 15.4. The molecule has 0 spiro atoms. The van der Waals surface area contributed by atoms with Crippen molar-refractivity contribution in [2.45, 2.75) is 25.5 Å². The van der Waals surface area contributed by atoms with Crippen LogP contribution in [0.15, 0.2) is 58.6 Å². The molecular weight excluding hydrogens is 358 g/mol. The lowest BCUT2D eigenvalue weighted by Gasteiger charge is -2.08. The van der Waals surface area contributed by atoms with Gasteiger partial charge in [-0.25, -0.2) is 5.43 Å². The van der Waals surface area contributed by atoms with Gasteiger partial charge in [-0.1, -0.05) is 30.8 Å². The molecular formula is C20H23N5OS. The number of rotatable bonds is 5. The fraction of sp³-hybridized carbons (Fsp3) is 0.250. The summed E-state index contributed by atoms with van der Waals surface area (Å²) in [5, 5.41) is 9.07. The average molecular weight is 382 g/mol. The van der Waals surface area contributed by atoms with Gasteiger partial charge in [0.15, 0.2) is 5.17 Å². The van der Waals surface area contributed by atoms with Crippen molar-refractivity contribution in [3.8, 4) is 0 Å². The van der Waals surface area contributed by atoms with E-state index in [9.17, 15) is 4.79 Å². The molecule has 140 valence electrons. The molecule has 27 heavy (non-hydrogen) atoms. The van der Waals surface area contributed by atoms with Crippen LogP contribution < -0.4 is 16.5 Å². The van der Waals surface area contributed by atoms with E-state index in [0.717, 1.165) is 35.1 Å². The summed E-state index contributed by atoms with van der Waals surface area (Å²) in [6, 6.07) is 14.6. The van der Waals surface area contributed by atoms with Gasteiger partial charge >= 0.3 is 0 Å². The zero-order valence-corrected chi connectivity index (χ0v) is 16.2. The molecule has 3 rings (SSSR count). The number of anilines is 2. The van der Waals surface area contributed by atoms with Gasteiger partial charge in [-0.05, 0) is 55.3 Å². The number of carbonyl (C=O) groups excluding carboxylic acids is 1. The molecule has 1 heterocycles. The number of hydrogen-bond donors (Lipinski definition) is 3. The Kier molecular flexibility index (Phi) is 6.13. The molecule has 0 aromatic heterocycles. The average Bonchev–Trinajstić information content (AvgIpc) is 3.14. The van der Waals surface area contributed by atoms with E-state index in [0.29, 0.717) is 16.5 Å². The summed E-state index contributed by atoms with van der Waals surface area (Å²) >= 11 is 1.79. The standard InChI is InChI=1S/C20H23N5OS/c1-3-18-12-22-20(27-18)23-17-10-6-14(7-11-17)13(2)24-25-19(26)15-4-8-16(21)9-5-15/h4-11,18H,3,12,21H2,1-2H3,(H,22,23)(H,25,26)/b24-13-/t18-/m1/s1. The maximum Gasteiger partial charge on any atom is 0.271 e. The third-order valence-electron chi connectivity index (χ3n) is 4.22. The Morgan fingerprint density at radius 1 is 1.19 bits per heavy atom. The molecule has 0 aliphatic carbocycles. The van der Waals surface area contributed by atoms with Crippen molar-refractivity contribution < 1.29 is 4.79 Å². The van der Waals surface area contributed by atoms with Gasteiger partial charge in [0.25, 0.3) is 5.91 Å². The molecule has 6 nitrogen and oxygen atoms in total. The highest BCUT2D eigenvalue weighted by atomic mass is 32.2. The van der Waals surface area contributed by atoms with Crippen LogP contribution in [-0.2, 0) is 0 Å². The van der Waals surface area contributed by atoms with E-state index in [1.807, 2.05) is 31.2 Å². The maximum atomic E-state index is 12.1. The topological polar surface area (TPSA) is 91.9 Å². The Bertz CT molecular complexity index is 859. The zero-order chi connectivity index (χ0) is 19.2. The first-order valence-electron chi connectivity index (χ1n) is 8.84. The summed E-state index contributed by atoms with van der Waals surface area (Å²) in [4.78, 5) is 16.6. The monoisotopic (exact) mass is 381 g/mol. The smallest absolute Gasteiger partial charge is 0.271 e. The number of thioether (sulfide) groups is 1. The molecule has 0 saturated heterocycles. The molecule has 1 aliphatic rings. The molecule has 2 aromatic rings. The molecule has 0 radical (unpaired) electrons. The van der Waals surface area contributed by atoms with E-state index in [1.165, 1.54) is 0 Å². The number of carbonyl (C=O) groups is 1. The van der Waals surface area contributed by atoms with Crippen LogP contribution in [0, 0.1) is 0 Å². The van der Waals surface area contributed by atoms with Crippen molar-refractivity contribution in [3.05, 3.63) is 59.7 Å². The lowest BCUT2D eigenvalue weighted by atomic mass is 10.1.